The predicted octanol–water partition coefficient (Wildman–Crippen LogP) is -0.213. The van der Waals surface area contributed by atoms with Crippen molar-refractivity contribution >= 4 is 11.7 Å². The monoisotopic (exact) mass is 248 g/mol. The van der Waals surface area contributed by atoms with Crippen LogP contribution >= 0.6 is 0 Å². The summed E-state index contributed by atoms with van der Waals surface area (Å²) in [6.07, 6.45) is 7.02. The zero-order valence-electron chi connectivity index (χ0n) is 10.2. The van der Waals surface area contributed by atoms with Gasteiger partial charge in [-0.15, -0.1) is 0 Å². The van der Waals surface area contributed by atoms with Gasteiger partial charge in [-0.05, 0) is 6.92 Å². The number of nitrogen functional groups attached to an aromatic ring is 1. The summed E-state index contributed by atoms with van der Waals surface area (Å²) in [5, 5.41) is 6.84. The second-order valence-corrected chi connectivity index (χ2v) is 4.05. The molecule has 0 spiro atoms. The number of amides is 1. The number of hydrogen-bond donors (Lipinski definition) is 2. The first kappa shape index (κ1) is 12.2. The third-order valence-corrected chi connectivity index (χ3v) is 2.54. The molecule has 1 amide bonds. The molecule has 0 aliphatic carbocycles. The van der Waals surface area contributed by atoms with Crippen LogP contribution in [-0.2, 0) is 17.9 Å². The van der Waals surface area contributed by atoms with E-state index in [4.69, 9.17) is 5.73 Å². The molecule has 0 aliphatic rings. The minimum Gasteiger partial charge on any atom is -0.382 e. The minimum absolute atomic E-state index is 0.0855. The third kappa shape index (κ3) is 3.09. The Morgan fingerprint density at radius 3 is 3.00 bits per heavy atom. The summed E-state index contributed by atoms with van der Waals surface area (Å²) in [6.45, 7) is 3.30. The summed E-state index contributed by atoms with van der Waals surface area (Å²) in [4.78, 5) is 15.5. The number of nitrogens with zero attached hydrogens (tertiary/aromatic N) is 4. The number of aryl methyl sites for hydroxylation is 1. The lowest BCUT2D eigenvalue weighted by Crippen LogP contribution is -2.30. The summed E-state index contributed by atoms with van der Waals surface area (Å²) in [6, 6.07) is 0. The first-order valence-corrected chi connectivity index (χ1v) is 5.67. The van der Waals surface area contributed by atoms with Gasteiger partial charge in [0, 0.05) is 37.2 Å². The molecule has 18 heavy (non-hydrogen) atoms. The molecular weight excluding hydrogens is 232 g/mol. The molecule has 3 N–H and O–H groups in total. The Morgan fingerprint density at radius 1 is 1.56 bits per heavy atom. The highest BCUT2D eigenvalue weighted by Crippen LogP contribution is 2.05. The van der Waals surface area contributed by atoms with E-state index in [1.54, 1.807) is 18.7 Å². The number of hydrogen-bond acceptors (Lipinski definition) is 4. The van der Waals surface area contributed by atoms with Crippen molar-refractivity contribution in [3.05, 3.63) is 30.5 Å². The number of aromatic nitrogens is 4. The van der Waals surface area contributed by atoms with Crippen LogP contribution in [0.3, 0.4) is 0 Å². The fraction of sp³-hybridized carbons (Fsp3) is 0.364. The molecule has 0 bridgehead atoms. The maximum Gasteiger partial charge on any atom is 0.241 e. The molecule has 0 aliphatic heterocycles. The van der Waals surface area contributed by atoms with E-state index >= 15 is 0 Å². The van der Waals surface area contributed by atoms with Crippen LogP contribution < -0.4 is 11.1 Å². The number of rotatable bonds is 5. The van der Waals surface area contributed by atoms with Gasteiger partial charge in [-0.2, -0.15) is 5.10 Å². The molecule has 0 radical (unpaired) electrons. The van der Waals surface area contributed by atoms with Crippen LogP contribution in [0.2, 0.25) is 0 Å². The molecule has 0 aromatic carbocycles. The van der Waals surface area contributed by atoms with Crippen LogP contribution in [0.25, 0.3) is 0 Å². The van der Waals surface area contributed by atoms with Crippen molar-refractivity contribution in [2.75, 3.05) is 12.3 Å². The van der Waals surface area contributed by atoms with Crippen molar-refractivity contribution in [1.82, 2.24) is 24.6 Å². The van der Waals surface area contributed by atoms with Crippen LogP contribution in [0.5, 0.6) is 0 Å². The second kappa shape index (κ2) is 5.35. The second-order valence-electron chi connectivity index (χ2n) is 4.05. The van der Waals surface area contributed by atoms with Crippen LogP contribution in [0.4, 0.5) is 5.82 Å². The van der Waals surface area contributed by atoms with E-state index in [2.05, 4.69) is 15.4 Å². The average Bonchev–Trinajstić information content (AvgIpc) is 2.90. The molecule has 0 atom stereocenters. The molecule has 2 heterocycles. The zero-order valence-corrected chi connectivity index (χ0v) is 10.2. The summed E-state index contributed by atoms with van der Waals surface area (Å²) in [7, 11) is 0. The lowest BCUT2D eigenvalue weighted by molar-refractivity contribution is -0.121. The van der Waals surface area contributed by atoms with Gasteiger partial charge < -0.3 is 15.6 Å². The number of imidazole rings is 1. The Labute approximate surface area is 105 Å². The zero-order chi connectivity index (χ0) is 13.0. The standard InChI is InChI=1S/C11H16N6O/c1-9-6-17(15-11(9)12)7-10(18)14-3-5-16-4-2-13-8-16/h2,4,6,8H,3,5,7H2,1H3,(H2,12,15)(H,14,18). The first-order valence-electron chi connectivity index (χ1n) is 5.67. The van der Waals surface area contributed by atoms with Gasteiger partial charge in [-0.1, -0.05) is 0 Å². The van der Waals surface area contributed by atoms with Gasteiger partial charge in [0.05, 0.1) is 6.33 Å². The molecule has 2 aromatic rings. The summed E-state index contributed by atoms with van der Waals surface area (Å²) in [5.74, 6) is 0.374. The van der Waals surface area contributed by atoms with E-state index < -0.39 is 0 Å². The number of nitrogens with two attached hydrogens (primary N) is 1. The molecule has 2 aromatic heterocycles. The van der Waals surface area contributed by atoms with Gasteiger partial charge in [-0.3, -0.25) is 9.48 Å². The Balaban J connectivity index is 1.75. The third-order valence-electron chi connectivity index (χ3n) is 2.54. The first-order chi connectivity index (χ1) is 8.65. The molecule has 0 unspecified atom stereocenters. The Bertz CT molecular complexity index is 496. The lowest BCUT2D eigenvalue weighted by Gasteiger charge is -2.05. The minimum atomic E-state index is -0.0855. The average molecular weight is 248 g/mol. The largest absolute Gasteiger partial charge is 0.382 e. The van der Waals surface area contributed by atoms with E-state index in [1.807, 2.05) is 17.7 Å². The molecular formula is C11H16N6O. The number of carbonyl (C=O) groups excluding carboxylic acids is 1. The normalized spacial score (nSPS) is 10.5. The molecule has 0 saturated carbocycles. The quantitative estimate of drug-likeness (QED) is 0.765. The number of anilines is 1. The topological polar surface area (TPSA) is 90.8 Å². The summed E-state index contributed by atoms with van der Waals surface area (Å²) < 4.78 is 3.44. The van der Waals surface area contributed by atoms with Crippen LogP contribution in [0, 0.1) is 6.92 Å². The van der Waals surface area contributed by atoms with Gasteiger partial charge in [0.25, 0.3) is 0 Å². The fourth-order valence-corrected chi connectivity index (χ4v) is 1.56. The van der Waals surface area contributed by atoms with E-state index in [1.165, 1.54) is 4.68 Å². The summed E-state index contributed by atoms with van der Waals surface area (Å²) >= 11 is 0. The van der Waals surface area contributed by atoms with Gasteiger partial charge in [0.2, 0.25) is 5.91 Å². The Hall–Kier alpha value is -2.31. The fourth-order valence-electron chi connectivity index (χ4n) is 1.56. The highest BCUT2D eigenvalue weighted by Gasteiger charge is 2.05. The smallest absolute Gasteiger partial charge is 0.241 e. The maximum atomic E-state index is 11.6. The summed E-state index contributed by atoms with van der Waals surface area (Å²) in [5.41, 5.74) is 6.48. The van der Waals surface area contributed by atoms with Gasteiger partial charge >= 0.3 is 0 Å². The van der Waals surface area contributed by atoms with Crippen molar-refractivity contribution < 1.29 is 4.79 Å². The van der Waals surface area contributed by atoms with E-state index in [0.717, 1.165) is 5.56 Å². The molecule has 2 rings (SSSR count). The molecule has 0 fully saturated rings. The number of carbonyl (C=O) groups is 1. The molecule has 0 saturated heterocycles. The van der Waals surface area contributed by atoms with Gasteiger partial charge in [-0.25, -0.2) is 4.98 Å². The Kier molecular flexibility index (Phi) is 3.61. The van der Waals surface area contributed by atoms with Crippen LogP contribution in [-0.4, -0.2) is 31.8 Å². The van der Waals surface area contributed by atoms with Crippen molar-refractivity contribution in [3.8, 4) is 0 Å². The van der Waals surface area contributed by atoms with Crippen molar-refractivity contribution in [2.24, 2.45) is 0 Å². The molecule has 7 nitrogen and oxygen atoms in total. The maximum absolute atomic E-state index is 11.6. The van der Waals surface area contributed by atoms with Crippen molar-refractivity contribution in [3.63, 3.8) is 0 Å². The van der Waals surface area contributed by atoms with E-state index in [-0.39, 0.29) is 12.5 Å². The molecule has 7 heteroatoms. The van der Waals surface area contributed by atoms with Crippen molar-refractivity contribution in [2.45, 2.75) is 20.0 Å². The van der Waals surface area contributed by atoms with Gasteiger partial charge in [0.15, 0.2) is 0 Å². The van der Waals surface area contributed by atoms with Crippen LogP contribution in [0.1, 0.15) is 5.56 Å². The predicted molar refractivity (Wildman–Crippen MR) is 66.6 cm³/mol. The highest BCUT2D eigenvalue weighted by molar-refractivity contribution is 5.75. The van der Waals surface area contributed by atoms with Crippen molar-refractivity contribution in [1.29, 1.82) is 0 Å². The van der Waals surface area contributed by atoms with E-state index in [0.29, 0.717) is 18.9 Å². The molecule has 96 valence electrons. The SMILES string of the molecule is Cc1cn(CC(=O)NCCn2ccnc2)nc1N. The lowest BCUT2D eigenvalue weighted by atomic mass is 10.4. The highest BCUT2D eigenvalue weighted by atomic mass is 16.2. The number of nitrogens with one attached hydrogen (secondary N) is 1. The Morgan fingerprint density at radius 2 is 2.39 bits per heavy atom. The van der Waals surface area contributed by atoms with E-state index in [9.17, 15) is 4.79 Å². The van der Waals surface area contributed by atoms with Crippen LogP contribution in [0.15, 0.2) is 24.9 Å². The van der Waals surface area contributed by atoms with Gasteiger partial charge in [0.1, 0.15) is 12.4 Å².